The van der Waals surface area contributed by atoms with E-state index in [1.54, 1.807) is 60.9 Å². The Labute approximate surface area is 678 Å². The van der Waals surface area contributed by atoms with Crippen LogP contribution in [0, 0.1) is 0 Å². The summed E-state index contributed by atoms with van der Waals surface area (Å²) in [5.41, 5.74) is 2.10. The number of methoxy groups -OCH3 is 5. The van der Waals surface area contributed by atoms with Gasteiger partial charge in [0.25, 0.3) is 17.7 Å². The number of benzene rings is 6. The summed E-state index contributed by atoms with van der Waals surface area (Å²) in [5, 5.41) is 125. The minimum absolute atomic E-state index is 0.00493. The highest BCUT2D eigenvalue weighted by Crippen LogP contribution is 2.47. The Morgan fingerprint density at radius 1 is 0.504 bits per heavy atom. The molecular weight excluding hydrogens is 1570 g/mol. The number of nitrogens with two attached hydrogens (primary N) is 1. The fourth-order valence-corrected chi connectivity index (χ4v) is 14.3. The van der Waals surface area contributed by atoms with Crippen LogP contribution in [0.4, 0.5) is 21.0 Å². The molecule has 3 unspecified atom stereocenters. The first-order chi connectivity index (χ1) is 57.2. The van der Waals surface area contributed by atoms with Crippen molar-refractivity contribution in [3.63, 3.8) is 0 Å². The Hall–Kier alpha value is -11.5. The number of fused-ring (bicyclic) bond motifs is 4. The third-order valence-corrected chi connectivity index (χ3v) is 20.7. The Morgan fingerprint density at radius 2 is 0.958 bits per heavy atom. The van der Waals surface area contributed by atoms with Gasteiger partial charge in [-0.1, -0.05) is 36.4 Å². The highest BCUT2D eigenvalue weighted by atomic mass is 16.7. The summed E-state index contributed by atoms with van der Waals surface area (Å²) in [6.45, 7) is -1.26. The molecule has 0 aromatic heterocycles. The number of hydrogen-bond acceptors (Lipinski definition) is 32. The van der Waals surface area contributed by atoms with Gasteiger partial charge in [0.1, 0.15) is 79.1 Å². The van der Waals surface area contributed by atoms with Gasteiger partial charge >= 0.3 is 24.1 Å². The zero-order valence-electron chi connectivity index (χ0n) is 64.8. The summed E-state index contributed by atoms with van der Waals surface area (Å²) in [7, 11) is 7.13. The number of aliphatic hydroxyl groups excluding tert-OH is 9. The number of anilines is 2. The molecule has 39 nitrogen and oxygen atoms in total. The van der Waals surface area contributed by atoms with Crippen molar-refractivity contribution < 1.29 is 156 Å². The predicted octanol–water partition coefficient (Wildman–Crippen LogP) is 2.20. The number of unbranched alkanes of at least 4 members (excludes halogenated alkanes) is 2. The first-order valence-corrected chi connectivity index (χ1v) is 37.5. The van der Waals surface area contributed by atoms with Gasteiger partial charge in [-0.15, -0.1) is 0 Å². The van der Waals surface area contributed by atoms with Crippen molar-refractivity contribution >= 4 is 64.4 Å². The van der Waals surface area contributed by atoms with Crippen molar-refractivity contribution in [3.05, 3.63) is 166 Å². The van der Waals surface area contributed by atoms with E-state index >= 15 is 0 Å². The topological polar surface area (TPSA) is 534 Å². The van der Waals surface area contributed by atoms with Gasteiger partial charge < -0.3 is 138 Å². The lowest BCUT2D eigenvalue weighted by Gasteiger charge is -2.38. The molecule has 638 valence electrons. The molecule has 2 saturated heterocycles. The van der Waals surface area contributed by atoms with Crippen LogP contribution >= 0.6 is 0 Å². The predicted molar refractivity (Wildman–Crippen MR) is 409 cm³/mol. The van der Waals surface area contributed by atoms with Gasteiger partial charge in [0, 0.05) is 50.3 Å². The zero-order valence-corrected chi connectivity index (χ0v) is 64.8. The second-order valence-electron chi connectivity index (χ2n) is 28.1. The number of nitrogens with one attached hydrogen (secondary N) is 2. The third kappa shape index (κ3) is 18.8. The van der Waals surface area contributed by atoms with Crippen molar-refractivity contribution in [3.8, 4) is 46.0 Å². The van der Waals surface area contributed by atoms with Crippen molar-refractivity contribution in [1.29, 1.82) is 0 Å². The molecule has 15 N–H and O–H groups in total. The standard InChI is InChI=1S/C80H91N7O32/c1-106-25-21-82-69(94)49-27-39(9-19-55(49)116-77-65(92)61(88)63(90)67(118-77)75(100)101)37-113-79(104)86-51-33-59(57(109-4)31-47(51)71(96)84-35-43(29-53(84)73(86)98)41-11-15-45(107-2)16-12-41)111-23-7-6-8-24-112-60-34-52-48(32-58(60)110-5)72(97)85-36-44(42-13-17-46(108-3)18-14-42)30-54(85)74(99)87(52)80(105)114-38-40-10-20-56(50(28-40)70(95)83-22-26-115-81)117-78-66(93)62(89)64(91)68(119-78)76(102)103/h9-20,27-28,31-36,53-54,61-69,73-74,77-78,82,88-94,98-99H,6-8,21-26,29-30,37-38,81H2,1-5H3,(H,83,95)(H,100,101)(H,102,103)/t53-,54-,61-,62-,63-,64-,65+,66+,67-,68-,69?,73?,74?,77+,78+/m0/s1. The van der Waals surface area contributed by atoms with Crippen molar-refractivity contribution in [2.24, 2.45) is 5.90 Å². The van der Waals surface area contributed by atoms with Gasteiger partial charge in [-0.2, -0.15) is 0 Å². The van der Waals surface area contributed by atoms with E-state index in [4.69, 9.17) is 67.5 Å². The summed E-state index contributed by atoms with van der Waals surface area (Å²) in [5.74, 6) is 0.516. The van der Waals surface area contributed by atoms with Crippen LogP contribution in [-0.2, 0) is 51.3 Å². The maximum atomic E-state index is 15.0. The average molecular weight is 1660 g/mol. The number of carboxylic acids is 2. The molecule has 6 heterocycles. The number of carbonyl (C=O) groups is 7. The Morgan fingerprint density at radius 3 is 1.39 bits per heavy atom. The number of carboxylic acid groups (broad SMARTS) is 2. The van der Waals surface area contributed by atoms with Gasteiger partial charge in [0.15, 0.2) is 47.7 Å². The number of carbonyl (C=O) groups excluding carboxylic acids is 5. The van der Waals surface area contributed by atoms with Crippen LogP contribution in [0.25, 0.3) is 11.1 Å². The fraction of sp³-hybridized carbons (Fsp3) is 0.412. The highest BCUT2D eigenvalue weighted by molar-refractivity contribution is 6.08. The van der Waals surface area contributed by atoms with Crippen LogP contribution in [0.1, 0.15) is 97.2 Å². The Kier molecular flexibility index (Phi) is 28.1. The number of amides is 5. The molecule has 0 saturated carbocycles. The van der Waals surface area contributed by atoms with Crippen LogP contribution in [0.2, 0.25) is 0 Å². The van der Waals surface area contributed by atoms with Gasteiger partial charge in [0.05, 0.1) is 95.0 Å². The first-order valence-electron chi connectivity index (χ1n) is 37.5. The number of aliphatic carboxylic acids is 2. The minimum Gasteiger partial charge on any atom is -0.497 e. The molecule has 6 aliphatic rings. The molecular formula is C80H91N7O32. The summed E-state index contributed by atoms with van der Waals surface area (Å²) < 4.78 is 74.2. The molecule has 12 rings (SSSR count). The third-order valence-electron chi connectivity index (χ3n) is 20.7. The van der Waals surface area contributed by atoms with E-state index < -0.39 is 147 Å². The lowest BCUT2D eigenvalue weighted by molar-refractivity contribution is -0.271. The highest BCUT2D eigenvalue weighted by Gasteiger charge is 2.52. The van der Waals surface area contributed by atoms with Crippen LogP contribution in [-0.4, -0.2) is 269 Å². The second kappa shape index (κ2) is 38.5. The van der Waals surface area contributed by atoms with Crippen molar-refractivity contribution in [2.45, 2.75) is 137 Å². The average Bonchev–Trinajstić information content (AvgIpc) is 1.61. The fourth-order valence-electron chi connectivity index (χ4n) is 14.3. The van der Waals surface area contributed by atoms with Crippen LogP contribution in [0.3, 0.4) is 0 Å². The van der Waals surface area contributed by atoms with Gasteiger partial charge in [-0.3, -0.25) is 19.7 Å². The molecule has 6 aliphatic heterocycles. The number of aliphatic hydroxyl groups is 9. The molecule has 39 heteroatoms. The van der Waals surface area contributed by atoms with E-state index in [1.807, 2.05) is 0 Å². The molecule has 0 radical (unpaired) electrons. The minimum atomic E-state index is -2.06. The maximum absolute atomic E-state index is 15.0. The van der Waals surface area contributed by atoms with Crippen molar-refractivity contribution in [1.82, 2.24) is 20.4 Å². The Balaban J connectivity index is 0.771. The molecule has 0 aliphatic carbocycles. The van der Waals surface area contributed by atoms with E-state index in [-0.39, 0.29) is 132 Å². The van der Waals surface area contributed by atoms with Crippen LogP contribution in [0.5, 0.6) is 46.0 Å². The molecule has 0 bridgehead atoms. The SMILES string of the molecule is COCCNC(O)c1cc(COC(=O)N2c3cc(OCCCCCOc4cc5c(cc4OC)C(=O)N4C=C(c6ccc(OC)cc6)C[C@H]4C(O)N5C(=O)OCc4ccc(O[C@@H]5O[C@H](C(=O)O)[C@@H](O)[C@H](O)[C@H]5O)c(C(=O)NCCON)c4)c(OC)cc3C(=O)N3C=C(c4ccc(OC)cc4)C[C@H]3C2O)ccc1O[C@@H]1O[C@H](C(=O)O)[C@@H](O)[C@H](O)[C@H]1O. The monoisotopic (exact) mass is 1660 g/mol. The van der Waals surface area contributed by atoms with Gasteiger partial charge in [-0.05, 0) is 126 Å². The van der Waals surface area contributed by atoms with E-state index in [0.29, 0.717) is 53.0 Å². The number of nitrogens with zero attached hydrogens (tertiary/aromatic N) is 4. The number of hydrogen-bond donors (Lipinski definition) is 14. The summed E-state index contributed by atoms with van der Waals surface area (Å²) in [4.78, 5) is 106. The van der Waals surface area contributed by atoms with E-state index in [2.05, 4.69) is 15.5 Å². The van der Waals surface area contributed by atoms with Crippen molar-refractivity contribution in [2.75, 3.05) is 84.9 Å². The van der Waals surface area contributed by atoms with Gasteiger partial charge in [-0.25, -0.2) is 34.9 Å². The van der Waals surface area contributed by atoms with Crippen LogP contribution in [0.15, 0.2) is 122 Å². The van der Waals surface area contributed by atoms with E-state index in [0.717, 1.165) is 9.80 Å². The summed E-state index contributed by atoms with van der Waals surface area (Å²) in [6, 6.07) is 25.0. The first kappa shape index (κ1) is 86.8. The zero-order chi connectivity index (χ0) is 85.2. The number of rotatable bonds is 33. The molecule has 6 aromatic rings. The summed E-state index contributed by atoms with van der Waals surface area (Å²) >= 11 is 0. The largest absolute Gasteiger partial charge is 0.497 e. The normalized spacial score (nSPS) is 24.0. The maximum Gasteiger partial charge on any atom is 0.416 e. The van der Waals surface area contributed by atoms with E-state index in [1.165, 1.54) is 106 Å². The molecule has 0 spiro atoms. The molecule has 2 fully saturated rings. The van der Waals surface area contributed by atoms with Gasteiger partial charge in [0.2, 0.25) is 12.6 Å². The second-order valence-corrected chi connectivity index (χ2v) is 28.1. The molecule has 6 aromatic carbocycles. The Bertz CT molecular complexity index is 4750. The van der Waals surface area contributed by atoms with E-state index in [9.17, 15) is 89.7 Å². The number of ether oxygens (including phenoxy) is 13. The molecule has 119 heavy (non-hydrogen) atoms. The summed E-state index contributed by atoms with van der Waals surface area (Å²) in [6.07, 6.45) is -23.2. The lowest BCUT2D eigenvalue weighted by Crippen LogP contribution is -2.61. The quantitative estimate of drug-likeness (QED) is 0.0159. The molecule has 15 atom stereocenters. The van der Waals surface area contributed by atoms with Crippen LogP contribution < -0.4 is 64.2 Å². The lowest BCUT2D eigenvalue weighted by atomic mass is 9.99. The molecule has 5 amide bonds. The smallest absolute Gasteiger partial charge is 0.416 e.